The summed E-state index contributed by atoms with van der Waals surface area (Å²) in [7, 11) is 0. The van der Waals surface area contributed by atoms with Crippen molar-refractivity contribution in [2.24, 2.45) is 0 Å². The first-order chi connectivity index (χ1) is 6.83. The number of fused-ring (bicyclic) bond motifs is 1. The average molecular weight is 218 g/mol. The molecular weight excluding hydrogens is 200 g/mol. The van der Waals surface area contributed by atoms with Crippen molar-refractivity contribution in [3.05, 3.63) is 0 Å². The van der Waals surface area contributed by atoms with E-state index in [4.69, 9.17) is 9.47 Å². The highest BCUT2D eigenvalue weighted by Crippen LogP contribution is 2.34. The van der Waals surface area contributed by atoms with Gasteiger partial charge < -0.3 is 14.6 Å². The van der Waals surface area contributed by atoms with E-state index >= 15 is 0 Å². The van der Waals surface area contributed by atoms with E-state index in [2.05, 4.69) is 6.92 Å². The van der Waals surface area contributed by atoms with E-state index < -0.39 is 6.10 Å². The van der Waals surface area contributed by atoms with Crippen LogP contribution in [0, 0.1) is 0 Å². The fourth-order valence-electron chi connectivity index (χ4n) is 1.97. The molecule has 4 atom stereocenters. The van der Waals surface area contributed by atoms with Crippen molar-refractivity contribution in [1.82, 2.24) is 0 Å². The van der Waals surface area contributed by atoms with Crippen molar-refractivity contribution >= 4 is 11.8 Å². The Kier molecular flexibility index (Phi) is 3.71. The molecule has 2 rings (SSSR count). The molecule has 2 saturated heterocycles. The highest BCUT2D eigenvalue weighted by atomic mass is 32.2. The molecule has 0 amide bonds. The molecule has 0 unspecified atom stereocenters. The second kappa shape index (κ2) is 4.84. The molecule has 2 heterocycles. The Labute approximate surface area is 89.2 Å². The number of ether oxygens (including phenoxy) is 2. The number of rotatable bonds is 4. The SMILES string of the molecule is CCCCS[C@H]1CO[C@H]2[C@@H]1OC[C@H]2O. The van der Waals surface area contributed by atoms with Crippen LogP contribution in [0.25, 0.3) is 0 Å². The summed E-state index contributed by atoms with van der Waals surface area (Å²) in [6.45, 7) is 3.38. The van der Waals surface area contributed by atoms with Gasteiger partial charge in [0.05, 0.1) is 18.5 Å². The van der Waals surface area contributed by atoms with Gasteiger partial charge in [-0.2, -0.15) is 11.8 Å². The van der Waals surface area contributed by atoms with E-state index in [1.54, 1.807) is 0 Å². The first-order valence-corrected chi connectivity index (χ1v) is 6.40. The van der Waals surface area contributed by atoms with Gasteiger partial charge in [-0.25, -0.2) is 0 Å². The van der Waals surface area contributed by atoms with Gasteiger partial charge >= 0.3 is 0 Å². The van der Waals surface area contributed by atoms with E-state index in [-0.39, 0.29) is 12.2 Å². The van der Waals surface area contributed by atoms with Crippen molar-refractivity contribution in [1.29, 1.82) is 0 Å². The first-order valence-electron chi connectivity index (χ1n) is 5.35. The zero-order valence-corrected chi connectivity index (χ0v) is 9.33. The van der Waals surface area contributed by atoms with Crippen LogP contribution in [0.3, 0.4) is 0 Å². The minimum absolute atomic E-state index is 0.0610. The van der Waals surface area contributed by atoms with Crippen molar-refractivity contribution in [2.45, 2.75) is 43.3 Å². The predicted molar refractivity (Wildman–Crippen MR) is 56.6 cm³/mol. The average Bonchev–Trinajstić information content (AvgIpc) is 2.72. The van der Waals surface area contributed by atoms with Crippen LogP contribution in [-0.4, -0.2) is 47.6 Å². The van der Waals surface area contributed by atoms with Gasteiger partial charge in [0.25, 0.3) is 0 Å². The maximum atomic E-state index is 9.53. The Morgan fingerprint density at radius 1 is 1.29 bits per heavy atom. The van der Waals surface area contributed by atoms with Gasteiger partial charge in [-0.05, 0) is 12.2 Å². The smallest absolute Gasteiger partial charge is 0.113 e. The lowest BCUT2D eigenvalue weighted by Gasteiger charge is -2.14. The molecule has 14 heavy (non-hydrogen) atoms. The van der Waals surface area contributed by atoms with Gasteiger partial charge in [-0.3, -0.25) is 0 Å². The highest BCUT2D eigenvalue weighted by molar-refractivity contribution is 8.00. The quantitative estimate of drug-likeness (QED) is 0.716. The molecule has 0 saturated carbocycles. The maximum absolute atomic E-state index is 9.53. The second-order valence-corrected chi connectivity index (χ2v) is 5.27. The van der Waals surface area contributed by atoms with Crippen molar-refractivity contribution in [2.75, 3.05) is 19.0 Å². The minimum Gasteiger partial charge on any atom is -0.388 e. The third kappa shape index (κ3) is 2.08. The van der Waals surface area contributed by atoms with Crippen LogP contribution in [0.2, 0.25) is 0 Å². The van der Waals surface area contributed by atoms with Gasteiger partial charge in [0.15, 0.2) is 0 Å². The number of hydrogen-bond donors (Lipinski definition) is 1. The Bertz CT molecular complexity index is 188. The maximum Gasteiger partial charge on any atom is 0.113 e. The summed E-state index contributed by atoms with van der Waals surface area (Å²) in [6.07, 6.45) is 2.15. The zero-order chi connectivity index (χ0) is 9.97. The van der Waals surface area contributed by atoms with Gasteiger partial charge in [0.2, 0.25) is 0 Å². The number of hydrogen-bond acceptors (Lipinski definition) is 4. The van der Waals surface area contributed by atoms with E-state index in [0.717, 1.165) is 6.61 Å². The van der Waals surface area contributed by atoms with E-state index in [0.29, 0.717) is 11.9 Å². The lowest BCUT2D eigenvalue weighted by Crippen LogP contribution is -2.30. The topological polar surface area (TPSA) is 38.7 Å². The zero-order valence-electron chi connectivity index (χ0n) is 8.52. The van der Waals surface area contributed by atoms with E-state index in [1.165, 1.54) is 18.6 Å². The highest BCUT2D eigenvalue weighted by Gasteiger charge is 2.46. The van der Waals surface area contributed by atoms with Crippen LogP contribution >= 0.6 is 11.8 Å². The summed E-state index contributed by atoms with van der Waals surface area (Å²) in [6, 6.07) is 0. The Hall–Kier alpha value is 0.230. The van der Waals surface area contributed by atoms with Gasteiger partial charge in [-0.1, -0.05) is 13.3 Å². The van der Waals surface area contributed by atoms with Crippen LogP contribution in [-0.2, 0) is 9.47 Å². The molecule has 2 fully saturated rings. The molecular formula is C10H18O3S. The van der Waals surface area contributed by atoms with Crippen molar-refractivity contribution in [3.63, 3.8) is 0 Å². The first kappa shape index (κ1) is 10.7. The van der Waals surface area contributed by atoms with Gasteiger partial charge in [0, 0.05) is 0 Å². The van der Waals surface area contributed by atoms with Crippen LogP contribution in [0.1, 0.15) is 19.8 Å². The number of unbranched alkanes of at least 4 members (excludes halogenated alkanes) is 1. The summed E-state index contributed by atoms with van der Waals surface area (Å²) in [4.78, 5) is 0. The van der Waals surface area contributed by atoms with E-state index in [1.807, 2.05) is 11.8 Å². The molecule has 3 nitrogen and oxygen atoms in total. The van der Waals surface area contributed by atoms with Crippen LogP contribution in [0.5, 0.6) is 0 Å². The normalized spacial score (nSPS) is 41.6. The molecule has 0 bridgehead atoms. The van der Waals surface area contributed by atoms with Gasteiger partial charge in [-0.15, -0.1) is 0 Å². The molecule has 2 aliphatic heterocycles. The van der Waals surface area contributed by atoms with E-state index in [9.17, 15) is 5.11 Å². The summed E-state index contributed by atoms with van der Waals surface area (Å²) in [5.41, 5.74) is 0. The third-order valence-electron chi connectivity index (χ3n) is 2.81. The summed E-state index contributed by atoms with van der Waals surface area (Å²) >= 11 is 1.93. The fraction of sp³-hybridized carbons (Fsp3) is 1.00. The molecule has 0 aromatic carbocycles. The third-order valence-corrected chi connectivity index (χ3v) is 4.17. The lowest BCUT2D eigenvalue weighted by atomic mass is 10.1. The molecule has 0 spiro atoms. The molecule has 82 valence electrons. The van der Waals surface area contributed by atoms with Crippen molar-refractivity contribution < 1.29 is 14.6 Å². The minimum atomic E-state index is -0.406. The largest absolute Gasteiger partial charge is 0.388 e. The molecule has 0 radical (unpaired) electrons. The summed E-state index contributed by atoms with van der Waals surface area (Å²) in [5, 5.41) is 9.96. The summed E-state index contributed by atoms with van der Waals surface area (Å²) in [5.74, 6) is 1.17. The van der Waals surface area contributed by atoms with Crippen LogP contribution in [0.15, 0.2) is 0 Å². The predicted octanol–water partition coefficient (Wildman–Crippen LogP) is 1.05. The Morgan fingerprint density at radius 3 is 2.86 bits per heavy atom. The number of aliphatic hydroxyl groups excluding tert-OH is 1. The number of thioether (sulfide) groups is 1. The molecule has 0 aromatic heterocycles. The monoisotopic (exact) mass is 218 g/mol. The van der Waals surface area contributed by atoms with Crippen LogP contribution < -0.4 is 0 Å². The second-order valence-electron chi connectivity index (χ2n) is 3.93. The van der Waals surface area contributed by atoms with Gasteiger partial charge in [0.1, 0.15) is 18.3 Å². The molecule has 0 aliphatic carbocycles. The van der Waals surface area contributed by atoms with Crippen LogP contribution in [0.4, 0.5) is 0 Å². The standard InChI is InChI=1S/C10H18O3S/c1-2-3-4-14-8-6-13-9-7(11)5-12-10(8)9/h7-11H,2-6H2,1H3/t7-,8+,9-,10-/m1/s1. The Balaban J connectivity index is 1.78. The van der Waals surface area contributed by atoms with Crippen molar-refractivity contribution in [3.8, 4) is 0 Å². The number of aliphatic hydroxyl groups is 1. The lowest BCUT2D eigenvalue weighted by molar-refractivity contribution is 0.0188. The molecule has 4 heteroatoms. The molecule has 2 aliphatic rings. The summed E-state index contributed by atoms with van der Waals surface area (Å²) < 4.78 is 11.1. The fourth-order valence-corrected chi connectivity index (χ4v) is 3.32. The molecule has 0 aromatic rings. The Morgan fingerprint density at radius 2 is 2.07 bits per heavy atom. The molecule has 1 N–H and O–H groups in total.